The molecule has 0 saturated carbocycles. The van der Waals surface area contributed by atoms with Crippen molar-refractivity contribution in [2.45, 2.75) is 0 Å². The minimum Gasteiger partial charge on any atom is -0.495 e. The van der Waals surface area contributed by atoms with Crippen LogP contribution in [0.5, 0.6) is 5.75 Å². The third-order valence-corrected chi connectivity index (χ3v) is 3.10. The van der Waals surface area contributed by atoms with Crippen LogP contribution in [0.3, 0.4) is 0 Å². The van der Waals surface area contributed by atoms with Gasteiger partial charge in [0.15, 0.2) is 0 Å². The Morgan fingerprint density at radius 2 is 1.95 bits per heavy atom. The summed E-state index contributed by atoms with van der Waals surface area (Å²) in [6, 6.07) is 7.09. The van der Waals surface area contributed by atoms with Gasteiger partial charge < -0.3 is 19.9 Å². The van der Waals surface area contributed by atoms with Crippen LogP contribution in [0.4, 0.5) is 10.5 Å². The molecular formula is C13H17N3O3. The van der Waals surface area contributed by atoms with Crippen LogP contribution in [0.25, 0.3) is 0 Å². The second-order valence-electron chi connectivity index (χ2n) is 4.26. The van der Waals surface area contributed by atoms with Crippen molar-refractivity contribution in [3.63, 3.8) is 0 Å². The SMILES string of the molecule is COc1ccccc1NC(=O)N1CCN(C=O)CC1. The van der Waals surface area contributed by atoms with Crippen LogP contribution >= 0.6 is 0 Å². The quantitative estimate of drug-likeness (QED) is 0.828. The van der Waals surface area contributed by atoms with E-state index in [4.69, 9.17) is 4.74 Å². The number of nitrogens with zero attached hydrogens (tertiary/aromatic N) is 2. The fraction of sp³-hybridized carbons (Fsp3) is 0.385. The Bertz CT molecular complexity index is 456. The fourth-order valence-electron chi connectivity index (χ4n) is 1.97. The first-order valence-corrected chi connectivity index (χ1v) is 6.13. The molecule has 19 heavy (non-hydrogen) atoms. The van der Waals surface area contributed by atoms with Crippen molar-refractivity contribution in [3.8, 4) is 5.75 Å². The number of hydrogen-bond donors (Lipinski definition) is 1. The first kappa shape index (κ1) is 13.2. The molecule has 0 radical (unpaired) electrons. The predicted molar refractivity (Wildman–Crippen MR) is 71.2 cm³/mol. The second-order valence-corrected chi connectivity index (χ2v) is 4.26. The molecular weight excluding hydrogens is 246 g/mol. The van der Waals surface area contributed by atoms with Crippen LogP contribution in [0.1, 0.15) is 0 Å². The highest BCUT2D eigenvalue weighted by Gasteiger charge is 2.20. The van der Waals surface area contributed by atoms with Gasteiger partial charge in [-0.3, -0.25) is 4.79 Å². The molecule has 2 rings (SSSR count). The van der Waals surface area contributed by atoms with Crippen molar-refractivity contribution in [1.29, 1.82) is 0 Å². The van der Waals surface area contributed by atoms with E-state index < -0.39 is 0 Å². The summed E-state index contributed by atoms with van der Waals surface area (Å²) < 4.78 is 5.18. The van der Waals surface area contributed by atoms with E-state index in [1.54, 1.807) is 29.0 Å². The van der Waals surface area contributed by atoms with Gasteiger partial charge in [-0.25, -0.2) is 4.79 Å². The first-order valence-electron chi connectivity index (χ1n) is 6.13. The van der Waals surface area contributed by atoms with Crippen LogP contribution in [0.2, 0.25) is 0 Å². The Labute approximate surface area is 111 Å². The van der Waals surface area contributed by atoms with E-state index in [0.29, 0.717) is 37.6 Å². The zero-order valence-electron chi connectivity index (χ0n) is 10.8. The molecule has 0 atom stereocenters. The lowest BCUT2D eigenvalue weighted by Gasteiger charge is -2.32. The third-order valence-electron chi connectivity index (χ3n) is 3.10. The number of benzene rings is 1. The van der Waals surface area contributed by atoms with E-state index in [1.165, 1.54) is 0 Å². The number of piperazine rings is 1. The minimum absolute atomic E-state index is 0.171. The maximum absolute atomic E-state index is 12.1. The lowest BCUT2D eigenvalue weighted by Crippen LogP contribution is -2.49. The van der Waals surface area contributed by atoms with Gasteiger partial charge in [-0.05, 0) is 12.1 Å². The maximum atomic E-state index is 12.1. The Balaban J connectivity index is 1.96. The number of carbonyl (C=O) groups is 2. The van der Waals surface area contributed by atoms with E-state index in [0.717, 1.165) is 6.41 Å². The summed E-state index contributed by atoms with van der Waals surface area (Å²) in [6.07, 6.45) is 0.815. The van der Waals surface area contributed by atoms with Crippen molar-refractivity contribution in [2.75, 3.05) is 38.6 Å². The molecule has 1 fully saturated rings. The summed E-state index contributed by atoms with van der Waals surface area (Å²) in [4.78, 5) is 26.0. The number of nitrogens with one attached hydrogen (secondary N) is 1. The molecule has 1 saturated heterocycles. The number of hydrogen-bond acceptors (Lipinski definition) is 3. The third kappa shape index (κ3) is 3.15. The maximum Gasteiger partial charge on any atom is 0.322 e. The number of rotatable bonds is 3. The van der Waals surface area contributed by atoms with Crippen molar-refractivity contribution < 1.29 is 14.3 Å². The summed E-state index contributed by atoms with van der Waals surface area (Å²) in [5, 5.41) is 2.82. The van der Waals surface area contributed by atoms with Crippen LogP contribution in [0.15, 0.2) is 24.3 Å². The number of urea groups is 1. The smallest absolute Gasteiger partial charge is 0.322 e. The molecule has 1 aromatic carbocycles. The molecule has 6 heteroatoms. The van der Waals surface area contributed by atoms with Crippen LogP contribution in [0, 0.1) is 0 Å². The van der Waals surface area contributed by atoms with E-state index in [9.17, 15) is 9.59 Å². The van der Waals surface area contributed by atoms with Crippen LogP contribution < -0.4 is 10.1 Å². The Morgan fingerprint density at radius 3 is 2.58 bits per heavy atom. The van der Waals surface area contributed by atoms with E-state index in [2.05, 4.69) is 5.32 Å². The monoisotopic (exact) mass is 263 g/mol. The molecule has 1 N–H and O–H groups in total. The van der Waals surface area contributed by atoms with Crippen LogP contribution in [-0.4, -0.2) is 55.5 Å². The average Bonchev–Trinajstić information content (AvgIpc) is 2.48. The lowest BCUT2D eigenvalue weighted by molar-refractivity contribution is -0.119. The number of para-hydroxylation sites is 2. The van der Waals surface area contributed by atoms with Gasteiger partial charge in [0.05, 0.1) is 12.8 Å². The summed E-state index contributed by atoms with van der Waals surface area (Å²) in [5.41, 5.74) is 0.646. The van der Waals surface area contributed by atoms with E-state index in [1.807, 2.05) is 12.1 Å². The van der Waals surface area contributed by atoms with Gasteiger partial charge in [-0.15, -0.1) is 0 Å². The largest absolute Gasteiger partial charge is 0.495 e. The molecule has 102 valence electrons. The second kappa shape index (κ2) is 6.08. The standard InChI is InChI=1S/C13H17N3O3/c1-19-12-5-3-2-4-11(12)14-13(18)16-8-6-15(10-17)7-9-16/h2-5,10H,6-9H2,1H3,(H,14,18). The van der Waals surface area contributed by atoms with Gasteiger partial charge in [0.1, 0.15) is 5.75 Å². The van der Waals surface area contributed by atoms with Gasteiger partial charge in [0, 0.05) is 26.2 Å². The van der Waals surface area contributed by atoms with Gasteiger partial charge in [0.2, 0.25) is 6.41 Å². The Morgan fingerprint density at radius 1 is 1.26 bits per heavy atom. The van der Waals surface area contributed by atoms with Crippen molar-refractivity contribution in [2.24, 2.45) is 0 Å². The molecule has 6 nitrogen and oxygen atoms in total. The summed E-state index contributed by atoms with van der Waals surface area (Å²) >= 11 is 0. The van der Waals surface area contributed by atoms with E-state index >= 15 is 0 Å². The summed E-state index contributed by atoms with van der Waals surface area (Å²) in [5.74, 6) is 0.627. The highest BCUT2D eigenvalue weighted by atomic mass is 16.5. The fourth-order valence-corrected chi connectivity index (χ4v) is 1.97. The molecule has 0 spiro atoms. The van der Waals surface area contributed by atoms with Gasteiger partial charge in [-0.2, -0.15) is 0 Å². The minimum atomic E-state index is -0.171. The number of carbonyl (C=O) groups excluding carboxylic acids is 2. The van der Waals surface area contributed by atoms with Crippen molar-refractivity contribution >= 4 is 18.1 Å². The van der Waals surface area contributed by atoms with Gasteiger partial charge in [0.25, 0.3) is 0 Å². The molecule has 0 bridgehead atoms. The average molecular weight is 263 g/mol. The normalized spacial score (nSPS) is 15.0. The molecule has 1 aromatic rings. The molecule has 3 amide bonds. The Kier molecular flexibility index (Phi) is 4.22. The van der Waals surface area contributed by atoms with E-state index in [-0.39, 0.29) is 6.03 Å². The number of ether oxygens (including phenoxy) is 1. The highest BCUT2D eigenvalue weighted by molar-refractivity contribution is 5.91. The molecule has 0 aliphatic carbocycles. The zero-order chi connectivity index (χ0) is 13.7. The van der Waals surface area contributed by atoms with Gasteiger partial charge >= 0.3 is 6.03 Å². The molecule has 1 aliphatic rings. The van der Waals surface area contributed by atoms with Crippen molar-refractivity contribution in [3.05, 3.63) is 24.3 Å². The molecule has 0 aromatic heterocycles. The number of anilines is 1. The predicted octanol–water partition coefficient (Wildman–Crippen LogP) is 1.00. The zero-order valence-corrected chi connectivity index (χ0v) is 10.8. The molecule has 0 unspecified atom stereocenters. The molecule has 1 aliphatic heterocycles. The summed E-state index contributed by atoms with van der Waals surface area (Å²) in [7, 11) is 1.56. The lowest BCUT2D eigenvalue weighted by atomic mass is 10.3. The van der Waals surface area contributed by atoms with Crippen molar-refractivity contribution in [1.82, 2.24) is 9.80 Å². The first-order chi connectivity index (χ1) is 9.24. The number of amides is 3. The topological polar surface area (TPSA) is 61.9 Å². The summed E-state index contributed by atoms with van der Waals surface area (Å²) in [6.45, 7) is 2.23. The number of methoxy groups -OCH3 is 1. The molecule has 1 heterocycles. The van der Waals surface area contributed by atoms with Crippen LogP contribution in [-0.2, 0) is 4.79 Å². The van der Waals surface area contributed by atoms with Gasteiger partial charge in [-0.1, -0.05) is 12.1 Å². The Hall–Kier alpha value is -2.24. The highest BCUT2D eigenvalue weighted by Crippen LogP contribution is 2.23.